The summed E-state index contributed by atoms with van der Waals surface area (Å²) in [5.74, 6) is 0.470. The van der Waals surface area contributed by atoms with E-state index in [9.17, 15) is 4.79 Å². The Morgan fingerprint density at radius 2 is 2.17 bits per heavy atom. The number of para-hydroxylation sites is 1. The Morgan fingerprint density at radius 3 is 3.00 bits per heavy atom. The maximum atomic E-state index is 11.9. The van der Waals surface area contributed by atoms with E-state index in [0.29, 0.717) is 12.2 Å². The second-order valence-electron chi connectivity index (χ2n) is 7.81. The molecule has 0 saturated heterocycles. The van der Waals surface area contributed by atoms with Crippen LogP contribution in [0.15, 0.2) is 55.5 Å². The molecule has 30 heavy (non-hydrogen) atoms. The van der Waals surface area contributed by atoms with Crippen molar-refractivity contribution in [3.63, 3.8) is 0 Å². The van der Waals surface area contributed by atoms with Crippen LogP contribution in [0, 0.1) is 0 Å². The zero-order valence-electron chi connectivity index (χ0n) is 16.7. The molecule has 5 rings (SSSR count). The highest BCUT2D eigenvalue weighted by atomic mass is 16.1. The van der Waals surface area contributed by atoms with Crippen molar-refractivity contribution < 1.29 is 4.79 Å². The highest BCUT2D eigenvalue weighted by Crippen LogP contribution is 2.44. The summed E-state index contributed by atoms with van der Waals surface area (Å²) in [6.45, 7) is 5.73. The van der Waals surface area contributed by atoms with Gasteiger partial charge in [0.05, 0.1) is 5.52 Å². The van der Waals surface area contributed by atoms with Gasteiger partial charge in [0.15, 0.2) is 5.82 Å². The molecule has 3 heterocycles. The van der Waals surface area contributed by atoms with Gasteiger partial charge in [0, 0.05) is 40.9 Å². The van der Waals surface area contributed by atoms with E-state index in [0.717, 1.165) is 39.7 Å². The molecule has 0 radical (unpaired) electrons. The van der Waals surface area contributed by atoms with Gasteiger partial charge in [-0.2, -0.15) is 5.10 Å². The second-order valence-corrected chi connectivity index (χ2v) is 7.81. The molecule has 1 amide bonds. The van der Waals surface area contributed by atoms with Gasteiger partial charge >= 0.3 is 0 Å². The quantitative estimate of drug-likeness (QED) is 0.516. The van der Waals surface area contributed by atoms with E-state index >= 15 is 0 Å². The average Bonchev–Trinajstić information content (AvgIpc) is 3.09. The molecule has 0 fully saturated rings. The van der Waals surface area contributed by atoms with Crippen LogP contribution in [0.4, 0.5) is 5.82 Å². The maximum Gasteiger partial charge on any atom is 0.243 e. The van der Waals surface area contributed by atoms with E-state index in [1.165, 1.54) is 18.0 Å². The van der Waals surface area contributed by atoms with Gasteiger partial charge in [-0.25, -0.2) is 9.50 Å². The zero-order chi connectivity index (χ0) is 20.8. The largest absolute Gasteiger partial charge is 0.382 e. The number of hydrogen-bond donors (Lipinski definition) is 2. The van der Waals surface area contributed by atoms with Crippen LogP contribution in [0.25, 0.3) is 27.5 Å². The molecule has 150 valence electrons. The van der Waals surface area contributed by atoms with Crippen LogP contribution in [-0.2, 0) is 11.2 Å². The van der Waals surface area contributed by atoms with Gasteiger partial charge in [0.25, 0.3) is 0 Å². The SMILES string of the molecule is C=CC(=O)N[C@@H]1Cc2c(c(-c3cnc4ccccc4c3)c3c(N)ncnn23)[C@H](C)C1. The van der Waals surface area contributed by atoms with Crippen molar-refractivity contribution in [1.29, 1.82) is 0 Å². The van der Waals surface area contributed by atoms with E-state index < -0.39 is 0 Å². The lowest BCUT2D eigenvalue weighted by Crippen LogP contribution is -2.39. The molecular weight excluding hydrogens is 376 g/mol. The molecule has 1 aromatic carbocycles. The van der Waals surface area contributed by atoms with Crippen molar-refractivity contribution in [1.82, 2.24) is 24.9 Å². The van der Waals surface area contributed by atoms with Crippen molar-refractivity contribution >= 4 is 28.1 Å². The van der Waals surface area contributed by atoms with Gasteiger partial charge in [0.2, 0.25) is 5.91 Å². The average molecular weight is 398 g/mol. The number of aromatic nitrogens is 4. The predicted molar refractivity (Wildman–Crippen MR) is 117 cm³/mol. The Bertz CT molecular complexity index is 1310. The predicted octanol–water partition coefficient (Wildman–Crippen LogP) is 3.25. The van der Waals surface area contributed by atoms with Crippen LogP contribution < -0.4 is 11.1 Å². The molecule has 0 saturated carbocycles. The van der Waals surface area contributed by atoms with E-state index in [1.807, 2.05) is 28.9 Å². The highest BCUT2D eigenvalue weighted by molar-refractivity contribution is 5.94. The molecule has 0 unspecified atom stereocenters. The van der Waals surface area contributed by atoms with Crippen molar-refractivity contribution in [3.8, 4) is 11.1 Å². The fourth-order valence-electron chi connectivity index (χ4n) is 4.65. The third-order valence-corrected chi connectivity index (χ3v) is 5.87. The Kier molecular flexibility index (Phi) is 4.24. The minimum atomic E-state index is -0.162. The first-order valence-electron chi connectivity index (χ1n) is 9.99. The monoisotopic (exact) mass is 398 g/mol. The number of hydrogen-bond acceptors (Lipinski definition) is 5. The normalized spacial score (nSPS) is 18.3. The van der Waals surface area contributed by atoms with Crippen LogP contribution in [0.5, 0.6) is 0 Å². The third kappa shape index (κ3) is 2.82. The number of pyridine rings is 1. The number of anilines is 1. The van der Waals surface area contributed by atoms with Crippen molar-refractivity contribution in [2.75, 3.05) is 5.73 Å². The number of fused-ring (bicyclic) bond motifs is 4. The summed E-state index contributed by atoms with van der Waals surface area (Å²) in [5.41, 5.74) is 12.3. The number of nitrogens with one attached hydrogen (secondary N) is 1. The van der Waals surface area contributed by atoms with E-state index in [2.05, 4.69) is 46.0 Å². The first-order chi connectivity index (χ1) is 14.6. The van der Waals surface area contributed by atoms with Crippen LogP contribution in [-0.4, -0.2) is 31.5 Å². The van der Waals surface area contributed by atoms with Crippen LogP contribution >= 0.6 is 0 Å². The number of carbonyl (C=O) groups excluding carboxylic acids is 1. The van der Waals surface area contributed by atoms with Gasteiger partial charge in [-0.05, 0) is 36.1 Å². The lowest BCUT2D eigenvalue weighted by Gasteiger charge is -2.28. The van der Waals surface area contributed by atoms with Crippen LogP contribution in [0.2, 0.25) is 0 Å². The smallest absolute Gasteiger partial charge is 0.243 e. The number of nitrogens with zero attached hydrogens (tertiary/aromatic N) is 4. The summed E-state index contributed by atoms with van der Waals surface area (Å²) in [7, 11) is 0. The topological polar surface area (TPSA) is 98.2 Å². The summed E-state index contributed by atoms with van der Waals surface area (Å²) in [6, 6.07) is 10.2. The van der Waals surface area contributed by atoms with Crippen molar-refractivity contribution in [3.05, 3.63) is 66.8 Å². The van der Waals surface area contributed by atoms with Gasteiger partial charge in [-0.15, -0.1) is 0 Å². The lowest BCUT2D eigenvalue weighted by atomic mass is 9.81. The Hall–Kier alpha value is -3.74. The standard InChI is InChI=1S/C23H22N6O/c1-3-19(30)28-16-8-13(2)20-18(10-16)29-22(23(24)26-12-27-29)21(20)15-9-14-6-4-5-7-17(14)25-11-15/h3-7,9,11-13,16H,1,8,10H2,2H3,(H,28,30)(H2,24,26,27)/t13-,16+/m1/s1. The van der Waals surface area contributed by atoms with Crippen molar-refractivity contribution in [2.45, 2.75) is 31.7 Å². The molecule has 1 aliphatic carbocycles. The molecule has 3 aromatic heterocycles. The minimum absolute atomic E-state index is 0.00914. The highest BCUT2D eigenvalue weighted by Gasteiger charge is 2.33. The maximum absolute atomic E-state index is 11.9. The number of carbonyl (C=O) groups is 1. The Balaban J connectivity index is 1.74. The molecule has 0 aliphatic heterocycles. The van der Waals surface area contributed by atoms with Gasteiger partial charge in [-0.1, -0.05) is 31.7 Å². The molecule has 7 heteroatoms. The molecule has 2 atom stereocenters. The van der Waals surface area contributed by atoms with Crippen LogP contribution in [0.3, 0.4) is 0 Å². The van der Waals surface area contributed by atoms with Gasteiger partial charge < -0.3 is 11.1 Å². The number of amides is 1. The number of nitrogens with two attached hydrogens (primary N) is 1. The first kappa shape index (κ1) is 18.3. The summed E-state index contributed by atoms with van der Waals surface area (Å²) in [5, 5.41) is 8.61. The molecule has 1 aliphatic rings. The number of rotatable bonds is 3. The van der Waals surface area contributed by atoms with E-state index in [4.69, 9.17) is 5.73 Å². The Morgan fingerprint density at radius 1 is 1.33 bits per heavy atom. The van der Waals surface area contributed by atoms with E-state index in [-0.39, 0.29) is 17.9 Å². The van der Waals surface area contributed by atoms with E-state index in [1.54, 1.807) is 0 Å². The fourth-order valence-corrected chi connectivity index (χ4v) is 4.65. The fraction of sp³-hybridized carbons (Fsp3) is 0.217. The van der Waals surface area contributed by atoms with Crippen LogP contribution in [0.1, 0.15) is 30.5 Å². The third-order valence-electron chi connectivity index (χ3n) is 5.87. The number of benzene rings is 1. The zero-order valence-corrected chi connectivity index (χ0v) is 16.7. The molecule has 0 spiro atoms. The molecule has 4 aromatic rings. The minimum Gasteiger partial charge on any atom is -0.382 e. The first-order valence-corrected chi connectivity index (χ1v) is 9.99. The molecular formula is C23H22N6O. The lowest BCUT2D eigenvalue weighted by molar-refractivity contribution is -0.117. The molecule has 3 N–H and O–H groups in total. The van der Waals surface area contributed by atoms with Gasteiger partial charge in [0.1, 0.15) is 11.8 Å². The summed E-state index contributed by atoms with van der Waals surface area (Å²) in [4.78, 5) is 20.8. The van der Waals surface area contributed by atoms with Gasteiger partial charge in [-0.3, -0.25) is 9.78 Å². The second kappa shape index (κ2) is 6.95. The molecule has 7 nitrogen and oxygen atoms in total. The number of nitrogen functional groups attached to an aromatic ring is 1. The Labute approximate surface area is 173 Å². The summed E-state index contributed by atoms with van der Waals surface area (Å²) in [6.07, 6.45) is 6.16. The summed E-state index contributed by atoms with van der Waals surface area (Å²) >= 11 is 0. The summed E-state index contributed by atoms with van der Waals surface area (Å²) < 4.78 is 1.88. The van der Waals surface area contributed by atoms with Crippen molar-refractivity contribution in [2.24, 2.45) is 0 Å². The molecule has 0 bridgehead atoms.